The number of nitriles is 1. The zero-order valence-corrected chi connectivity index (χ0v) is 11.4. The Morgan fingerprint density at radius 3 is 2.65 bits per heavy atom. The van der Waals surface area contributed by atoms with Gasteiger partial charge < -0.3 is 0 Å². The van der Waals surface area contributed by atoms with Crippen molar-refractivity contribution in [2.75, 3.05) is 0 Å². The lowest BCUT2D eigenvalue weighted by molar-refractivity contribution is -0.385. The molecule has 0 amide bonds. The molecular weight excluding hydrogens is 289 g/mol. The minimum atomic E-state index is -4.24. The van der Waals surface area contributed by atoms with E-state index >= 15 is 0 Å². The van der Waals surface area contributed by atoms with Crippen molar-refractivity contribution in [1.29, 1.82) is 5.26 Å². The lowest BCUT2D eigenvalue weighted by Crippen LogP contribution is -2.34. The second-order valence-electron chi connectivity index (χ2n) is 3.96. The summed E-state index contributed by atoms with van der Waals surface area (Å²) in [6.45, 7) is 1.77. The molecule has 108 valence electrons. The fraction of sp³-hybridized carbons (Fsp3) is 0.364. The smallest absolute Gasteiger partial charge is 0.258 e. The first-order chi connectivity index (χ1) is 9.31. The molecule has 0 radical (unpaired) electrons. The quantitative estimate of drug-likeness (QED) is 0.634. The Balaban J connectivity index is 3.10. The molecule has 1 unspecified atom stereocenters. The number of nitro benzene ring substituents is 1. The molecule has 0 aliphatic rings. The fourth-order valence-electron chi connectivity index (χ4n) is 1.51. The van der Waals surface area contributed by atoms with Crippen molar-refractivity contribution >= 4 is 15.7 Å². The van der Waals surface area contributed by atoms with Gasteiger partial charge in [-0.25, -0.2) is 12.8 Å². The minimum absolute atomic E-state index is 0.282. The molecule has 0 saturated carbocycles. The van der Waals surface area contributed by atoms with Crippen LogP contribution in [0.5, 0.6) is 0 Å². The third-order valence-corrected chi connectivity index (χ3v) is 3.95. The van der Waals surface area contributed by atoms with E-state index in [4.69, 9.17) is 5.26 Å². The van der Waals surface area contributed by atoms with Gasteiger partial charge in [-0.3, -0.25) is 10.1 Å². The summed E-state index contributed by atoms with van der Waals surface area (Å²) in [7, 11) is -4.24. The van der Waals surface area contributed by atoms with Crippen LogP contribution in [-0.2, 0) is 10.0 Å². The van der Waals surface area contributed by atoms with Gasteiger partial charge in [-0.05, 0) is 12.5 Å². The summed E-state index contributed by atoms with van der Waals surface area (Å²) in [6, 6.07) is 3.00. The standard InChI is InChI=1S/C11H12FN3O4S/c1-2-3-8(7-13)14-20(18,19)11-5-4-9(15(16)17)6-10(11)12/h4-6,8,14H,2-3H2,1H3. The first-order valence-corrected chi connectivity index (χ1v) is 7.16. The highest BCUT2D eigenvalue weighted by Gasteiger charge is 2.24. The number of benzene rings is 1. The largest absolute Gasteiger partial charge is 0.272 e. The molecule has 0 saturated heterocycles. The summed E-state index contributed by atoms with van der Waals surface area (Å²) in [6.07, 6.45) is 0.855. The minimum Gasteiger partial charge on any atom is -0.258 e. The number of sulfonamides is 1. The van der Waals surface area contributed by atoms with Gasteiger partial charge in [0.1, 0.15) is 16.8 Å². The molecular formula is C11H12FN3O4S. The molecule has 0 heterocycles. The summed E-state index contributed by atoms with van der Waals surface area (Å²) >= 11 is 0. The van der Waals surface area contributed by atoms with E-state index in [2.05, 4.69) is 4.72 Å². The third kappa shape index (κ3) is 3.72. The first-order valence-electron chi connectivity index (χ1n) is 5.67. The summed E-state index contributed by atoms with van der Waals surface area (Å²) in [5, 5.41) is 19.2. The number of nitrogens with one attached hydrogen (secondary N) is 1. The van der Waals surface area contributed by atoms with E-state index in [9.17, 15) is 22.9 Å². The Hall–Kier alpha value is -2.05. The summed E-state index contributed by atoms with van der Waals surface area (Å²) < 4.78 is 39.5. The average molecular weight is 301 g/mol. The van der Waals surface area contributed by atoms with Gasteiger partial charge in [0.15, 0.2) is 0 Å². The summed E-state index contributed by atoms with van der Waals surface area (Å²) in [5.41, 5.74) is -0.549. The van der Waals surface area contributed by atoms with E-state index in [0.717, 1.165) is 12.1 Å². The zero-order chi connectivity index (χ0) is 15.3. The number of rotatable bonds is 6. The molecule has 9 heteroatoms. The fourth-order valence-corrected chi connectivity index (χ4v) is 2.75. The van der Waals surface area contributed by atoms with Crippen LogP contribution >= 0.6 is 0 Å². The van der Waals surface area contributed by atoms with Gasteiger partial charge in [0.25, 0.3) is 5.69 Å². The maximum atomic E-state index is 13.6. The molecule has 20 heavy (non-hydrogen) atoms. The molecule has 1 aromatic rings. The monoisotopic (exact) mass is 301 g/mol. The van der Waals surface area contributed by atoms with Crippen LogP contribution in [0.2, 0.25) is 0 Å². The van der Waals surface area contributed by atoms with Crippen molar-refractivity contribution in [3.05, 3.63) is 34.1 Å². The molecule has 1 rings (SSSR count). The number of hydrogen-bond acceptors (Lipinski definition) is 5. The van der Waals surface area contributed by atoms with E-state index < -0.39 is 37.4 Å². The van der Waals surface area contributed by atoms with Gasteiger partial charge >= 0.3 is 0 Å². The maximum absolute atomic E-state index is 13.6. The molecule has 0 bridgehead atoms. The van der Waals surface area contributed by atoms with Gasteiger partial charge in [0, 0.05) is 6.07 Å². The maximum Gasteiger partial charge on any atom is 0.272 e. The zero-order valence-electron chi connectivity index (χ0n) is 10.5. The van der Waals surface area contributed by atoms with Gasteiger partial charge in [-0.15, -0.1) is 0 Å². The third-order valence-electron chi connectivity index (χ3n) is 2.45. The van der Waals surface area contributed by atoms with Crippen LogP contribution in [0.1, 0.15) is 19.8 Å². The highest BCUT2D eigenvalue weighted by atomic mass is 32.2. The Bertz CT molecular complexity index is 654. The lowest BCUT2D eigenvalue weighted by Gasteiger charge is -2.11. The molecule has 0 aliphatic carbocycles. The lowest BCUT2D eigenvalue weighted by atomic mass is 10.2. The predicted molar refractivity (Wildman–Crippen MR) is 67.7 cm³/mol. The van der Waals surface area contributed by atoms with Crippen molar-refractivity contribution in [2.45, 2.75) is 30.7 Å². The van der Waals surface area contributed by atoms with Gasteiger partial charge in [0.05, 0.1) is 17.1 Å². The van der Waals surface area contributed by atoms with E-state index in [0.29, 0.717) is 12.5 Å². The van der Waals surface area contributed by atoms with Crippen molar-refractivity contribution in [3.63, 3.8) is 0 Å². The Labute approximate surface area is 115 Å². The Morgan fingerprint density at radius 2 is 2.20 bits per heavy atom. The Morgan fingerprint density at radius 1 is 1.55 bits per heavy atom. The van der Waals surface area contributed by atoms with E-state index in [1.54, 1.807) is 13.0 Å². The number of hydrogen-bond donors (Lipinski definition) is 1. The molecule has 0 fully saturated rings. The summed E-state index contributed by atoms with van der Waals surface area (Å²) in [5.74, 6) is -1.24. The predicted octanol–water partition coefficient (Wildman–Crippen LogP) is 1.70. The van der Waals surface area contributed by atoms with Gasteiger partial charge in [0.2, 0.25) is 10.0 Å². The second kappa shape index (κ2) is 6.40. The molecule has 1 aromatic carbocycles. The molecule has 1 N–H and O–H groups in total. The Kier molecular flexibility index (Phi) is 5.12. The highest BCUT2D eigenvalue weighted by molar-refractivity contribution is 7.89. The molecule has 0 aromatic heterocycles. The van der Waals surface area contributed by atoms with Crippen molar-refractivity contribution in [1.82, 2.24) is 4.72 Å². The normalized spacial score (nSPS) is 12.7. The molecule has 1 atom stereocenters. The molecule has 7 nitrogen and oxygen atoms in total. The van der Waals surface area contributed by atoms with Crippen LogP contribution in [0.15, 0.2) is 23.1 Å². The number of halogens is 1. The molecule has 0 aliphatic heterocycles. The van der Waals surface area contributed by atoms with Crippen LogP contribution in [-0.4, -0.2) is 19.4 Å². The van der Waals surface area contributed by atoms with Crippen LogP contribution in [0, 0.1) is 27.3 Å². The van der Waals surface area contributed by atoms with Crippen LogP contribution in [0.4, 0.5) is 10.1 Å². The average Bonchev–Trinajstić information content (AvgIpc) is 2.37. The number of nitrogens with zero attached hydrogens (tertiary/aromatic N) is 2. The topological polar surface area (TPSA) is 113 Å². The van der Waals surface area contributed by atoms with Crippen molar-refractivity contribution in [3.8, 4) is 6.07 Å². The number of non-ortho nitro benzene ring substituents is 1. The molecule has 0 spiro atoms. The van der Waals surface area contributed by atoms with E-state index in [1.807, 2.05) is 0 Å². The van der Waals surface area contributed by atoms with Crippen LogP contribution in [0.25, 0.3) is 0 Å². The first kappa shape index (κ1) is 16.0. The van der Waals surface area contributed by atoms with E-state index in [-0.39, 0.29) is 6.42 Å². The van der Waals surface area contributed by atoms with Crippen LogP contribution in [0.3, 0.4) is 0 Å². The second-order valence-corrected chi connectivity index (χ2v) is 5.65. The SMILES string of the molecule is CCCC(C#N)NS(=O)(=O)c1ccc([N+](=O)[O-])cc1F. The highest BCUT2D eigenvalue weighted by Crippen LogP contribution is 2.20. The number of nitro groups is 1. The van der Waals surface area contributed by atoms with Crippen molar-refractivity contribution in [2.24, 2.45) is 0 Å². The van der Waals surface area contributed by atoms with Gasteiger partial charge in [-0.1, -0.05) is 13.3 Å². The van der Waals surface area contributed by atoms with E-state index in [1.165, 1.54) is 0 Å². The van der Waals surface area contributed by atoms with Crippen LogP contribution < -0.4 is 4.72 Å². The van der Waals surface area contributed by atoms with Crippen molar-refractivity contribution < 1.29 is 17.7 Å². The summed E-state index contributed by atoms with van der Waals surface area (Å²) in [4.78, 5) is 8.90. The van der Waals surface area contributed by atoms with Gasteiger partial charge in [-0.2, -0.15) is 9.98 Å².